The fourth-order valence-corrected chi connectivity index (χ4v) is 4.03. The van der Waals surface area contributed by atoms with Crippen LogP contribution in [0.1, 0.15) is 57.1 Å². The fourth-order valence-electron chi connectivity index (χ4n) is 4.03. The third-order valence-corrected chi connectivity index (χ3v) is 6.11. The zero-order valence-corrected chi connectivity index (χ0v) is 22.3. The summed E-state index contributed by atoms with van der Waals surface area (Å²) >= 11 is 0. The smallest absolute Gasteiger partial charge is 0.317 e. The Balaban J connectivity index is 1.73. The SMILES string of the molecule is O=C(CNC(=O)N1CCCCCC1)NCC(=O)N[C@H](Cc1ccccn1)C(=O)NCCCCCCON(O)O. The van der Waals surface area contributed by atoms with Crippen LogP contribution in [-0.4, -0.2) is 94.8 Å². The Labute approximate surface area is 228 Å². The topological polar surface area (TPSA) is 185 Å². The van der Waals surface area contributed by atoms with Crippen LogP contribution in [0.15, 0.2) is 24.4 Å². The van der Waals surface area contributed by atoms with Gasteiger partial charge in [0, 0.05) is 37.9 Å². The van der Waals surface area contributed by atoms with Gasteiger partial charge in [0.1, 0.15) is 6.04 Å². The second-order valence-corrected chi connectivity index (χ2v) is 9.27. The van der Waals surface area contributed by atoms with Gasteiger partial charge in [-0.25, -0.2) is 4.79 Å². The molecule has 5 amide bonds. The van der Waals surface area contributed by atoms with Crippen LogP contribution in [0.2, 0.25) is 0 Å². The predicted octanol–water partition coefficient (Wildman–Crippen LogP) is 0.499. The molecule has 39 heavy (non-hydrogen) atoms. The van der Waals surface area contributed by atoms with E-state index in [1.165, 1.54) is 0 Å². The highest BCUT2D eigenvalue weighted by Crippen LogP contribution is 2.09. The molecule has 1 aliphatic heterocycles. The maximum atomic E-state index is 12.8. The molecule has 0 aliphatic carbocycles. The highest BCUT2D eigenvalue weighted by molar-refractivity contribution is 5.91. The van der Waals surface area contributed by atoms with Gasteiger partial charge in [0.15, 0.2) is 0 Å². The summed E-state index contributed by atoms with van der Waals surface area (Å²) in [6.45, 7) is 1.31. The summed E-state index contributed by atoms with van der Waals surface area (Å²) in [4.78, 5) is 60.2. The summed E-state index contributed by atoms with van der Waals surface area (Å²) in [6.07, 6.45) is 8.72. The van der Waals surface area contributed by atoms with Gasteiger partial charge in [0.05, 0.1) is 25.1 Å². The van der Waals surface area contributed by atoms with E-state index >= 15 is 0 Å². The number of nitrogens with one attached hydrogen (secondary N) is 4. The first-order valence-electron chi connectivity index (χ1n) is 13.4. The second-order valence-electron chi connectivity index (χ2n) is 9.27. The van der Waals surface area contributed by atoms with E-state index in [-0.39, 0.29) is 43.4 Å². The number of unbranched alkanes of at least 4 members (excludes halogenated alkanes) is 3. The number of carbonyl (C=O) groups is 4. The molecular weight excluding hydrogens is 510 g/mol. The van der Waals surface area contributed by atoms with Gasteiger partial charge in [0.2, 0.25) is 17.7 Å². The van der Waals surface area contributed by atoms with E-state index in [0.29, 0.717) is 38.2 Å². The number of nitrogens with zero attached hydrogens (tertiary/aromatic N) is 3. The number of pyridine rings is 1. The molecule has 0 unspecified atom stereocenters. The van der Waals surface area contributed by atoms with Crippen LogP contribution in [0, 0.1) is 0 Å². The van der Waals surface area contributed by atoms with Crippen LogP contribution in [0.25, 0.3) is 0 Å². The normalized spacial score (nSPS) is 14.3. The summed E-state index contributed by atoms with van der Waals surface area (Å²) in [5, 5.41) is 27.2. The Morgan fingerprint density at radius 1 is 0.923 bits per heavy atom. The molecule has 218 valence electrons. The van der Waals surface area contributed by atoms with E-state index in [1.54, 1.807) is 29.3 Å². The van der Waals surface area contributed by atoms with Gasteiger partial charge in [-0.15, -0.1) is 0 Å². The van der Waals surface area contributed by atoms with Gasteiger partial charge in [-0.05, 0) is 37.8 Å². The van der Waals surface area contributed by atoms with Crippen molar-refractivity contribution in [1.82, 2.24) is 36.5 Å². The first-order chi connectivity index (χ1) is 18.8. The molecule has 0 aromatic carbocycles. The molecule has 0 bridgehead atoms. The van der Waals surface area contributed by atoms with Crippen molar-refractivity contribution in [2.75, 3.05) is 39.3 Å². The van der Waals surface area contributed by atoms with Gasteiger partial charge in [-0.1, -0.05) is 31.7 Å². The Bertz CT molecular complexity index is 881. The molecular formula is C25H41N7O7. The minimum absolute atomic E-state index is 0.166. The van der Waals surface area contributed by atoms with Crippen molar-refractivity contribution < 1.29 is 34.4 Å². The van der Waals surface area contributed by atoms with Crippen molar-refractivity contribution in [2.45, 2.75) is 63.8 Å². The van der Waals surface area contributed by atoms with Crippen LogP contribution in [0.4, 0.5) is 4.79 Å². The van der Waals surface area contributed by atoms with E-state index in [1.807, 2.05) is 0 Å². The molecule has 1 atom stereocenters. The number of carbonyl (C=O) groups excluding carboxylic acids is 4. The van der Waals surface area contributed by atoms with Crippen LogP contribution in [0.3, 0.4) is 0 Å². The van der Waals surface area contributed by atoms with Crippen LogP contribution in [0.5, 0.6) is 0 Å². The summed E-state index contributed by atoms with van der Waals surface area (Å²) in [5.74, 6) is -1.42. The van der Waals surface area contributed by atoms with Crippen molar-refractivity contribution >= 4 is 23.8 Å². The molecule has 6 N–H and O–H groups in total. The van der Waals surface area contributed by atoms with E-state index in [4.69, 9.17) is 10.4 Å². The van der Waals surface area contributed by atoms with Gasteiger partial charge in [-0.3, -0.25) is 34.6 Å². The highest BCUT2D eigenvalue weighted by Gasteiger charge is 2.22. The molecule has 1 aromatic heterocycles. The number of aromatic nitrogens is 1. The first-order valence-corrected chi connectivity index (χ1v) is 13.4. The predicted molar refractivity (Wildman–Crippen MR) is 139 cm³/mol. The highest BCUT2D eigenvalue weighted by atomic mass is 17.1. The third-order valence-electron chi connectivity index (χ3n) is 6.11. The number of amides is 5. The van der Waals surface area contributed by atoms with E-state index in [2.05, 4.69) is 31.1 Å². The molecule has 0 spiro atoms. The number of likely N-dealkylation sites (tertiary alicyclic amines) is 1. The van der Waals surface area contributed by atoms with Crippen molar-refractivity contribution in [1.29, 1.82) is 0 Å². The molecule has 1 aliphatic rings. The number of rotatable bonds is 16. The quantitative estimate of drug-likeness (QED) is 0.126. The number of urea groups is 1. The minimum atomic E-state index is -0.888. The molecule has 14 nitrogen and oxygen atoms in total. The summed E-state index contributed by atoms with van der Waals surface area (Å²) in [5.41, 5.74) is 0.625. The minimum Gasteiger partial charge on any atom is -0.354 e. The fraction of sp³-hybridized carbons (Fsp3) is 0.640. The lowest BCUT2D eigenvalue weighted by Crippen LogP contribution is -2.51. The molecule has 1 fully saturated rings. The largest absolute Gasteiger partial charge is 0.354 e. The average Bonchev–Trinajstić information content (AvgIpc) is 3.22. The lowest BCUT2D eigenvalue weighted by molar-refractivity contribution is -0.492. The van der Waals surface area contributed by atoms with Crippen LogP contribution in [-0.2, 0) is 25.6 Å². The molecule has 0 saturated carbocycles. The average molecular weight is 552 g/mol. The van der Waals surface area contributed by atoms with Crippen molar-refractivity contribution in [3.05, 3.63) is 30.1 Å². The third kappa shape index (κ3) is 14.4. The number of hydrogen-bond donors (Lipinski definition) is 6. The van der Waals surface area contributed by atoms with E-state index in [0.717, 1.165) is 38.5 Å². The van der Waals surface area contributed by atoms with Crippen molar-refractivity contribution in [3.8, 4) is 0 Å². The first kappa shape index (κ1) is 31.9. The molecule has 1 saturated heterocycles. The number of hydrogen-bond acceptors (Lipinski definition) is 9. The molecule has 2 heterocycles. The van der Waals surface area contributed by atoms with E-state index in [9.17, 15) is 19.2 Å². The van der Waals surface area contributed by atoms with Crippen LogP contribution >= 0.6 is 0 Å². The maximum Gasteiger partial charge on any atom is 0.317 e. The Hall–Kier alpha value is -3.33. The van der Waals surface area contributed by atoms with Crippen molar-refractivity contribution in [3.63, 3.8) is 0 Å². The van der Waals surface area contributed by atoms with Gasteiger partial charge in [-0.2, -0.15) is 0 Å². The lowest BCUT2D eigenvalue weighted by Gasteiger charge is -2.20. The maximum absolute atomic E-state index is 12.8. The van der Waals surface area contributed by atoms with Gasteiger partial charge in [0.25, 0.3) is 0 Å². The Kier molecular flexibility index (Phi) is 15.4. The summed E-state index contributed by atoms with van der Waals surface area (Å²) in [6, 6.07) is 4.11. The van der Waals surface area contributed by atoms with Crippen molar-refractivity contribution in [2.24, 2.45) is 0 Å². The summed E-state index contributed by atoms with van der Waals surface area (Å²) in [7, 11) is 0. The molecule has 0 radical (unpaired) electrons. The lowest BCUT2D eigenvalue weighted by atomic mass is 10.1. The Morgan fingerprint density at radius 3 is 2.33 bits per heavy atom. The van der Waals surface area contributed by atoms with Gasteiger partial charge >= 0.3 is 6.03 Å². The zero-order valence-electron chi connectivity index (χ0n) is 22.3. The zero-order chi connectivity index (χ0) is 28.3. The van der Waals surface area contributed by atoms with E-state index < -0.39 is 17.9 Å². The second kappa shape index (κ2) is 18.8. The molecule has 2 rings (SSSR count). The van der Waals surface area contributed by atoms with Gasteiger partial charge < -0.3 is 26.2 Å². The van der Waals surface area contributed by atoms with Crippen LogP contribution < -0.4 is 21.3 Å². The monoisotopic (exact) mass is 551 g/mol. The summed E-state index contributed by atoms with van der Waals surface area (Å²) < 4.78 is 0. The standard InChI is InChI=1S/C25H41N7O7/c33-22(18-29-25(36)31-14-8-2-3-9-15-31)28-19-23(34)30-21(17-20-11-5-7-12-26-20)24(35)27-13-6-1-4-10-16-39-32(37)38/h5,7,11-12,21,37-38H,1-4,6,8-10,13-19H2,(H,27,35)(H,28,33)(H,29,36)(H,30,34)/t21-/m1/s1. The Morgan fingerprint density at radius 2 is 1.64 bits per heavy atom. The molecule has 14 heteroatoms. The molecule has 1 aromatic rings.